The lowest BCUT2D eigenvalue weighted by Crippen LogP contribution is -2.13. The van der Waals surface area contributed by atoms with E-state index >= 15 is 0 Å². The van der Waals surface area contributed by atoms with Crippen LogP contribution in [0.5, 0.6) is 5.75 Å². The highest BCUT2D eigenvalue weighted by atomic mass is 35.5. The highest BCUT2D eigenvalue weighted by molar-refractivity contribution is 6.32. The first kappa shape index (κ1) is 16.8. The largest absolute Gasteiger partial charge is 0.488 e. The fraction of sp³-hybridized carbons (Fsp3) is 0.125. The fourth-order valence-corrected chi connectivity index (χ4v) is 1.82. The van der Waals surface area contributed by atoms with Crippen molar-refractivity contribution in [1.29, 1.82) is 0 Å². The maximum atomic E-state index is 12.9. The van der Waals surface area contributed by atoms with E-state index in [1.807, 2.05) is 0 Å². The van der Waals surface area contributed by atoms with E-state index in [2.05, 4.69) is 10.5 Å². The Bertz CT molecular complexity index is 695. The summed E-state index contributed by atoms with van der Waals surface area (Å²) in [6.45, 7) is 0.377. The molecule has 0 bridgehead atoms. The lowest BCUT2D eigenvalue weighted by molar-refractivity contribution is -0.110. The van der Waals surface area contributed by atoms with Gasteiger partial charge in [0.25, 0.3) is 5.91 Å². The standard InChI is InChI=1S/C16H14ClFN2O3/c17-14-6-1-2-7-15(14)22-8-9-23-19-11-16(21)20-13-5-3-4-12(18)10-13/h1-7,10-11H,8-9H2,(H,20,21)/b19-11+. The zero-order chi connectivity index (χ0) is 16.5. The third-order valence-electron chi connectivity index (χ3n) is 2.61. The van der Waals surface area contributed by atoms with Gasteiger partial charge in [-0.05, 0) is 30.3 Å². The lowest BCUT2D eigenvalue weighted by atomic mass is 10.3. The van der Waals surface area contributed by atoms with Crippen molar-refractivity contribution in [2.45, 2.75) is 0 Å². The summed E-state index contributed by atoms with van der Waals surface area (Å²) in [4.78, 5) is 16.4. The summed E-state index contributed by atoms with van der Waals surface area (Å²) in [7, 11) is 0. The van der Waals surface area contributed by atoms with Crippen LogP contribution < -0.4 is 10.1 Å². The van der Waals surface area contributed by atoms with Gasteiger partial charge in [0.2, 0.25) is 0 Å². The van der Waals surface area contributed by atoms with Gasteiger partial charge in [0.1, 0.15) is 24.4 Å². The quantitative estimate of drug-likeness (QED) is 0.478. The molecule has 0 aliphatic heterocycles. The van der Waals surface area contributed by atoms with Crippen molar-refractivity contribution >= 4 is 29.4 Å². The summed E-state index contributed by atoms with van der Waals surface area (Å²) >= 11 is 5.92. The van der Waals surface area contributed by atoms with Crippen molar-refractivity contribution in [3.05, 3.63) is 59.4 Å². The Morgan fingerprint density at radius 1 is 1.22 bits per heavy atom. The van der Waals surface area contributed by atoms with Gasteiger partial charge in [-0.1, -0.05) is 35.0 Å². The molecule has 1 N–H and O–H groups in total. The molecule has 0 aliphatic carbocycles. The van der Waals surface area contributed by atoms with Gasteiger partial charge in [-0.15, -0.1) is 0 Å². The first-order valence-electron chi connectivity index (χ1n) is 6.74. The first-order valence-corrected chi connectivity index (χ1v) is 7.12. The highest BCUT2D eigenvalue weighted by Gasteiger charge is 2.01. The number of hydrogen-bond donors (Lipinski definition) is 1. The van der Waals surface area contributed by atoms with Crippen LogP contribution in [-0.2, 0) is 9.63 Å². The van der Waals surface area contributed by atoms with Crippen molar-refractivity contribution in [2.75, 3.05) is 18.5 Å². The Labute approximate surface area is 137 Å². The van der Waals surface area contributed by atoms with E-state index in [1.165, 1.54) is 18.2 Å². The molecule has 0 radical (unpaired) electrons. The maximum Gasteiger partial charge on any atom is 0.270 e. The lowest BCUT2D eigenvalue weighted by Gasteiger charge is -2.06. The second-order valence-electron chi connectivity index (χ2n) is 4.35. The third kappa shape index (κ3) is 5.96. The number of benzene rings is 2. The molecule has 23 heavy (non-hydrogen) atoms. The average Bonchev–Trinajstić information content (AvgIpc) is 2.52. The molecule has 5 nitrogen and oxygen atoms in total. The minimum absolute atomic E-state index is 0.148. The molecule has 0 fully saturated rings. The minimum Gasteiger partial charge on any atom is -0.488 e. The Morgan fingerprint density at radius 2 is 2.04 bits per heavy atom. The van der Waals surface area contributed by atoms with Gasteiger partial charge in [-0.3, -0.25) is 4.79 Å². The molecule has 0 saturated heterocycles. The van der Waals surface area contributed by atoms with E-state index in [1.54, 1.807) is 30.3 Å². The zero-order valence-corrected chi connectivity index (χ0v) is 12.8. The first-order chi connectivity index (χ1) is 11.1. The van der Waals surface area contributed by atoms with Crippen LogP contribution in [0.15, 0.2) is 53.7 Å². The SMILES string of the molecule is O=C(/C=N/OCCOc1ccccc1Cl)Nc1cccc(F)c1. The van der Waals surface area contributed by atoms with Crippen molar-refractivity contribution in [3.8, 4) is 5.75 Å². The number of nitrogens with one attached hydrogen (secondary N) is 1. The number of ether oxygens (including phenoxy) is 1. The number of halogens is 2. The number of hydrogen-bond acceptors (Lipinski definition) is 4. The molecule has 0 spiro atoms. The molecule has 2 rings (SSSR count). The van der Waals surface area contributed by atoms with E-state index < -0.39 is 11.7 Å². The highest BCUT2D eigenvalue weighted by Crippen LogP contribution is 2.22. The van der Waals surface area contributed by atoms with Crippen molar-refractivity contribution in [3.63, 3.8) is 0 Å². The van der Waals surface area contributed by atoms with E-state index in [-0.39, 0.29) is 13.2 Å². The summed E-state index contributed by atoms with van der Waals surface area (Å²) in [5.41, 5.74) is 0.337. The van der Waals surface area contributed by atoms with Gasteiger partial charge in [-0.25, -0.2) is 4.39 Å². The molecule has 2 aromatic carbocycles. The smallest absolute Gasteiger partial charge is 0.270 e. The maximum absolute atomic E-state index is 12.9. The normalized spacial score (nSPS) is 10.5. The average molecular weight is 337 g/mol. The number of rotatable bonds is 7. The van der Waals surface area contributed by atoms with Crippen LogP contribution in [0.2, 0.25) is 5.02 Å². The van der Waals surface area contributed by atoms with Crippen LogP contribution in [0.4, 0.5) is 10.1 Å². The predicted octanol–water partition coefficient (Wildman–Crippen LogP) is 3.50. The summed E-state index contributed by atoms with van der Waals surface area (Å²) < 4.78 is 18.3. The van der Waals surface area contributed by atoms with Gasteiger partial charge >= 0.3 is 0 Å². The summed E-state index contributed by atoms with van der Waals surface area (Å²) in [5.74, 6) is -0.416. The fourth-order valence-electron chi connectivity index (χ4n) is 1.63. The molecule has 0 aromatic heterocycles. The van der Waals surface area contributed by atoms with Gasteiger partial charge in [-0.2, -0.15) is 0 Å². The molecule has 120 valence electrons. The van der Waals surface area contributed by atoms with E-state index in [0.717, 1.165) is 6.21 Å². The molecular weight excluding hydrogens is 323 g/mol. The Kier molecular flexibility index (Phi) is 6.38. The van der Waals surface area contributed by atoms with Crippen LogP contribution in [0.25, 0.3) is 0 Å². The Morgan fingerprint density at radius 3 is 2.83 bits per heavy atom. The second kappa shape index (κ2) is 8.75. The van der Waals surface area contributed by atoms with Crippen LogP contribution in [0, 0.1) is 5.82 Å². The molecule has 0 heterocycles. The van der Waals surface area contributed by atoms with Gasteiger partial charge in [0.15, 0.2) is 6.61 Å². The van der Waals surface area contributed by atoms with E-state index in [9.17, 15) is 9.18 Å². The number of amides is 1. The predicted molar refractivity (Wildman–Crippen MR) is 86.4 cm³/mol. The summed E-state index contributed by atoms with van der Waals surface area (Å²) in [5, 5.41) is 6.45. The minimum atomic E-state index is -0.525. The van der Waals surface area contributed by atoms with Gasteiger partial charge in [0, 0.05) is 5.69 Å². The van der Waals surface area contributed by atoms with Crippen molar-refractivity contribution in [1.82, 2.24) is 0 Å². The Hall–Kier alpha value is -2.60. The van der Waals surface area contributed by atoms with Crippen LogP contribution in [-0.4, -0.2) is 25.3 Å². The third-order valence-corrected chi connectivity index (χ3v) is 2.92. The zero-order valence-electron chi connectivity index (χ0n) is 12.0. The molecular formula is C16H14ClFN2O3. The van der Waals surface area contributed by atoms with E-state index in [0.29, 0.717) is 16.5 Å². The van der Waals surface area contributed by atoms with Crippen molar-refractivity contribution in [2.24, 2.45) is 5.16 Å². The summed E-state index contributed by atoms with van der Waals surface area (Å²) in [6, 6.07) is 12.6. The summed E-state index contributed by atoms with van der Waals surface area (Å²) in [6.07, 6.45) is 0.959. The number of carbonyl (C=O) groups is 1. The topological polar surface area (TPSA) is 59.9 Å². The molecule has 2 aromatic rings. The monoisotopic (exact) mass is 336 g/mol. The van der Waals surface area contributed by atoms with Crippen LogP contribution >= 0.6 is 11.6 Å². The number of para-hydroxylation sites is 1. The molecule has 0 saturated carbocycles. The second-order valence-corrected chi connectivity index (χ2v) is 4.75. The number of oxime groups is 1. The molecule has 0 unspecified atom stereocenters. The van der Waals surface area contributed by atoms with Crippen LogP contribution in [0.1, 0.15) is 0 Å². The van der Waals surface area contributed by atoms with Crippen LogP contribution in [0.3, 0.4) is 0 Å². The van der Waals surface area contributed by atoms with Gasteiger partial charge < -0.3 is 14.9 Å². The molecule has 0 atom stereocenters. The Balaban J connectivity index is 1.66. The molecule has 1 amide bonds. The number of carbonyl (C=O) groups excluding carboxylic acids is 1. The van der Waals surface area contributed by atoms with Gasteiger partial charge in [0.05, 0.1) is 5.02 Å². The van der Waals surface area contributed by atoms with Crippen molar-refractivity contribution < 1.29 is 18.8 Å². The van der Waals surface area contributed by atoms with E-state index in [4.69, 9.17) is 21.2 Å². The molecule has 0 aliphatic rings. The number of anilines is 1. The molecule has 7 heteroatoms. The number of nitrogens with zero attached hydrogens (tertiary/aromatic N) is 1.